The van der Waals surface area contributed by atoms with Crippen molar-refractivity contribution in [1.82, 2.24) is 10.6 Å². The number of ether oxygens (including phenoxy) is 3. The van der Waals surface area contributed by atoms with Crippen molar-refractivity contribution in [1.29, 1.82) is 0 Å². The second-order valence-electron chi connectivity index (χ2n) is 7.66. The van der Waals surface area contributed by atoms with Crippen molar-refractivity contribution >= 4 is 18.0 Å². The van der Waals surface area contributed by atoms with Crippen LogP contribution >= 0.6 is 0 Å². The van der Waals surface area contributed by atoms with Gasteiger partial charge in [-0.2, -0.15) is 0 Å². The third-order valence-corrected chi connectivity index (χ3v) is 3.79. The summed E-state index contributed by atoms with van der Waals surface area (Å²) >= 11 is 0. The van der Waals surface area contributed by atoms with Gasteiger partial charge in [0.15, 0.2) is 0 Å². The minimum absolute atomic E-state index is 0.228. The van der Waals surface area contributed by atoms with E-state index in [0.29, 0.717) is 13.2 Å². The van der Waals surface area contributed by atoms with Crippen molar-refractivity contribution < 1.29 is 28.6 Å². The van der Waals surface area contributed by atoms with Gasteiger partial charge in [-0.05, 0) is 39.7 Å². The number of carbonyl (C=O) groups is 3. The van der Waals surface area contributed by atoms with Crippen LogP contribution in [0.5, 0.6) is 0 Å². The van der Waals surface area contributed by atoms with Gasteiger partial charge in [-0.1, -0.05) is 42.5 Å². The van der Waals surface area contributed by atoms with E-state index in [9.17, 15) is 14.4 Å². The molecule has 0 aliphatic heterocycles. The number of rotatable bonds is 10. The molecule has 0 unspecified atom stereocenters. The molecular weight excluding hydrogens is 388 g/mol. The predicted octanol–water partition coefficient (Wildman–Crippen LogP) is 2.72. The fraction of sp³-hybridized carbons (Fsp3) is 0.500. The van der Waals surface area contributed by atoms with E-state index in [0.717, 1.165) is 5.56 Å². The minimum atomic E-state index is -0.884. The lowest BCUT2D eigenvalue weighted by molar-refractivity contribution is -0.145. The molecule has 0 heterocycles. The molecule has 1 aromatic carbocycles. The van der Waals surface area contributed by atoms with E-state index in [2.05, 4.69) is 10.6 Å². The summed E-state index contributed by atoms with van der Waals surface area (Å²) in [4.78, 5) is 36.1. The number of benzene rings is 1. The van der Waals surface area contributed by atoms with E-state index < -0.39 is 35.7 Å². The molecular formula is C22H32N2O6. The van der Waals surface area contributed by atoms with Crippen LogP contribution in [0.25, 0.3) is 0 Å². The minimum Gasteiger partial charge on any atom is -0.467 e. The molecule has 30 heavy (non-hydrogen) atoms. The first-order valence-electron chi connectivity index (χ1n) is 9.76. The summed E-state index contributed by atoms with van der Waals surface area (Å²) in [5, 5.41) is 5.01. The maximum absolute atomic E-state index is 12.3. The highest BCUT2D eigenvalue weighted by atomic mass is 16.6. The summed E-state index contributed by atoms with van der Waals surface area (Å²) in [5.41, 5.74) is 0.388. The average molecular weight is 421 g/mol. The smallest absolute Gasteiger partial charge is 0.408 e. The Kier molecular flexibility index (Phi) is 10.6. The monoisotopic (exact) mass is 420 g/mol. The Labute approximate surface area is 178 Å². The molecule has 1 rings (SSSR count). The molecule has 2 amide bonds. The number of amides is 2. The molecule has 0 spiro atoms. The van der Waals surface area contributed by atoms with Crippen molar-refractivity contribution in [2.75, 3.05) is 13.7 Å². The lowest BCUT2D eigenvalue weighted by Gasteiger charge is -2.22. The molecule has 0 fully saturated rings. The molecule has 0 saturated heterocycles. The quantitative estimate of drug-likeness (QED) is 0.343. The van der Waals surface area contributed by atoms with Crippen LogP contribution < -0.4 is 10.6 Å². The van der Waals surface area contributed by atoms with Crippen molar-refractivity contribution in [3.63, 3.8) is 0 Å². The van der Waals surface area contributed by atoms with Crippen LogP contribution in [0.15, 0.2) is 42.5 Å². The summed E-state index contributed by atoms with van der Waals surface area (Å²) in [6.07, 6.45) is 3.02. The van der Waals surface area contributed by atoms with Crippen molar-refractivity contribution in [3.05, 3.63) is 48.0 Å². The number of nitrogens with one attached hydrogen (secondary N) is 2. The molecule has 0 bridgehead atoms. The molecule has 0 radical (unpaired) electrons. The number of carbonyl (C=O) groups excluding carboxylic acids is 3. The Bertz CT molecular complexity index is 712. The fourth-order valence-corrected chi connectivity index (χ4v) is 2.32. The van der Waals surface area contributed by atoms with Crippen LogP contribution in [0.2, 0.25) is 0 Å². The predicted molar refractivity (Wildman–Crippen MR) is 113 cm³/mol. The van der Waals surface area contributed by atoms with Gasteiger partial charge in [0.25, 0.3) is 0 Å². The van der Waals surface area contributed by atoms with Gasteiger partial charge in [0, 0.05) is 0 Å². The van der Waals surface area contributed by atoms with Gasteiger partial charge in [0.1, 0.15) is 17.7 Å². The summed E-state index contributed by atoms with van der Waals surface area (Å²) in [6, 6.07) is 8.00. The molecule has 0 aliphatic rings. The zero-order chi connectivity index (χ0) is 22.6. The number of methoxy groups -OCH3 is 1. The SMILES string of the molecule is COC(=O)[C@@H](C/C=C/COCc1ccccc1)NC(=O)[C@H](C)NC(=O)OC(C)(C)C. The number of hydrogen-bond acceptors (Lipinski definition) is 6. The van der Waals surface area contributed by atoms with Crippen LogP contribution in [-0.4, -0.2) is 49.4 Å². The van der Waals surface area contributed by atoms with Crippen molar-refractivity contribution in [3.8, 4) is 0 Å². The molecule has 166 valence electrons. The van der Waals surface area contributed by atoms with Crippen LogP contribution in [0, 0.1) is 0 Å². The summed E-state index contributed by atoms with van der Waals surface area (Å²) < 4.78 is 15.4. The Morgan fingerprint density at radius 3 is 2.33 bits per heavy atom. The summed E-state index contributed by atoms with van der Waals surface area (Å²) in [6.45, 7) is 7.52. The van der Waals surface area contributed by atoms with Gasteiger partial charge in [0.2, 0.25) is 5.91 Å². The molecule has 0 aliphatic carbocycles. The van der Waals surface area contributed by atoms with Gasteiger partial charge in [-0.25, -0.2) is 9.59 Å². The highest BCUT2D eigenvalue weighted by Gasteiger charge is 2.25. The van der Waals surface area contributed by atoms with Crippen LogP contribution in [0.3, 0.4) is 0 Å². The fourth-order valence-electron chi connectivity index (χ4n) is 2.32. The van der Waals surface area contributed by atoms with Gasteiger partial charge >= 0.3 is 12.1 Å². The number of alkyl carbamates (subject to hydrolysis) is 1. The number of esters is 1. The largest absolute Gasteiger partial charge is 0.467 e. The van der Waals surface area contributed by atoms with Gasteiger partial charge < -0.3 is 24.8 Å². The standard InChI is InChI=1S/C22H32N2O6/c1-16(23-21(27)30-22(2,3)4)19(25)24-18(20(26)28-5)13-9-10-14-29-15-17-11-7-6-8-12-17/h6-12,16,18H,13-15H2,1-5H3,(H,23,27)(H,24,25)/b10-9+/t16-,18+/m0/s1. The molecule has 8 nitrogen and oxygen atoms in total. The zero-order valence-corrected chi connectivity index (χ0v) is 18.3. The molecule has 0 saturated carbocycles. The second-order valence-corrected chi connectivity index (χ2v) is 7.66. The van der Waals surface area contributed by atoms with Crippen molar-refractivity contribution in [2.45, 2.75) is 58.4 Å². The van der Waals surface area contributed by atoms with E-state index in [1.807, 2.05) is 30.3 Å². The first kappa shape index (κ1) is 25.2. The van der Waals surface area contributed by atoms with E-state index in [-0.39, 0.29) is 6.42 Å². The molecule has 2 atom stereocenters. The summed E-state index contributed by atoms with van der Waals surface area (Å²) in [7, 11) is 1.25. The first-order valence-corrected chi connectivity index (χ1v) is 9.76. The molecule has 2 N–H and O–H groups in total. The third kappa shape index (κ3) is 10.6. The Balaban J connectivity index is 2.47. The lowest BCUT2D eigenvalue weighted by Crippen LogP contribution is -2.51. The Morgan fingerprint density at radius 2 is 1.73 bits per heavy atom. The zero-order valence-electron chi connectivity index (χ0n) is 18.3. The van der Waals surface area contributed by atoms with E-state index in [4.69, 9.17) is 14.2 Å². The average Bonchev–Trinajstić information content (AvgIpc) is 2.68. The highest BCUT2D eigenvalue weighted by molar-refractivity contribution is 5.89. The van der Waals surface area contributed by atoms with Crippen LogP contribution in [-0.2, 0) is 30.4 Å². The van der Waals surface area contributed by atoms with Crippen molar-refractivity contribution in [2.24, 2.45) is 0 Å². The Hall–Kier alpha value is -2.87. The lowest BCUT2D eigenvalue weighted by atomic mass is 10.1. The maximum Gasteiger partial charge on any atom is 0.408 e. The first-order chi connectivity index (χ1) is 14.1. The van der Waals surface area contributed by atoms with Gasteiger partial charge in [-0.15, -0.1) is 0 Å². The number of hydrogen-bond donors (Lipinski definition) is 2. The molecule has 8 heteroatoms. The Morgan fingerprint density at radius 1 is 1.07 bits per heavy atom. The third-order valence-electron chi connectivity index (χ3n) is 3.79. The van der Waals surface area contributed by atoms with E-state index in [1.54, 1.807) is 32.9 Å². The maximum atomic E-state index is 12.3. The normalized spacial score (nSPS) is 13.4. The topological polar surface area (TPSA) is 103 Å². The van der Waals surface area contributed by atoms with Crippen LogP contribution in [0.4, 0.5) is 4.79 Å². The molecule has 0 aromatic heterocycles. The molecule has 1 aromatic rings. The van der Waals surface area contributed by atoms with Crippen LogP contribution in [0.1, 0.15) is 39.7 Å². The second kappa shape index (κ2) is 12.6. The van der Waals surface area contributed by atoms with Gasteiger partial charge in [-0.3, -0.25) is 4.79 Å². The summed E-state index contributed by atoms with van der Waals surface area (Å²) in [5.74, 6) is -1.10. The van der Waals surface area contributed by atoms with Gasteiger partial charge in [0.05, 0.1) is 20.3 Å². The van der Waals surface area contributed by atoms with E-state index >= 15 is 0 Å². The van der Waals surface area contributed by atoms with E-state index in [1.165, 1.54) is 14.0 Å². The highest BCUT2D eigenvalue weighted by Crippen LogP contribution is 2.07.